The van der Waals surface area contributed by atoms with Gasteiger partial charge in [0, 0.05) is 38.1 Å². The molecular weight excluding hydrogens is 196 g/mol. The SMILES string of the molecule is CN=C/C(=C\N(C)C(C)C)C1=CCCC=C1. The van der Waals surface area contributed by atoms with Crippen LogP contribution in [0.3, 0.4) is 0 Å². The van der Waals surface area contributed by atoms with Crippen LogP contribution in [0.5, 0.6) is 0 Å². The molecule has 0 radical (unpaired) electrons. The summed E-state index contributed by atoms with van der Waals surface area (Å²) in [7, 11) is 3.91. The molecule has 2 heteroatoms. The molecule has 0 saturated heterocycles. The van der Waals surface area contributed by atoms with Crippen molar-refractivity contribution in [3.8, 4) is 0 Å². The Kier molecular flexibility index (Phi) is 5.03. The molecule has 88 valence electrons. The number of aliphatic imine (C=N–C) groups is 1. The summed E-state index contributed by atoms with van der Waals surface area (Å²) in [5.41, 5.74) is 2.47. The molecule has 0 aromatic rings. The van der Waals surface area contributed by atoms with Gasteiger partial charge in [0.05, 0.1) is 0 Å². The van der Waals surface area contributed by atoms with Crippen LogP contribution in [-0.2, 0) is 0 Å². The van der Waals surface area contributed by atoms with Gasteiger partial charge in [-0.1, -0.05) is 18.2 Å². The molecule has 0 atom stereocenters. The van der Waals surface area contributed by atoms with Gasteiger partial charge in [0.25, 0.3) is 0 Å². The second kappa shape index (κ2) is 6.31. The van der Waals surface area contributed by atoms with Crippen LogP contribution in [-0.4, -0.2) is 31.3 Å². The van der Waals surface area contributed by atoms with Crippen LogP contribution < -0.4 is 0 Å². The Morgan fingerprint density at radius 1 is 1.44 bits per heavy atom. The highest BCUT2D eigenvalue weighted by Crippen LogP contribution is 2.17. The van der Waals surface area contributed by atoms with Gasteiger partial charge >= 0.3 is 0 Å². The zero-order chi connectivity index (χ0) is 12.0. The van der Waals surface area contributed by atoms with Gasteiger partial charge in [-0.3, -0.25) is 4.99 Å². The summed E-state index contributed by atoms with van der Waals surface area (Å²) in [5.74, 6) is 0. The van der Waals surface area contributed by atoms with Crippen molar-refractivity contribution in [2.75, 3.05) is 14.1 Å². The van der Waals surface area contributed by atoms with Crippen LogP contribution in [0.4, 0.5) is 0 Å². The topological polar surface area (TPSA) is 15.6 Å². The van der Waals surface area contributed by atoms with Gasteiger partial charge in [-0.15, -0.1) is 0 Å². The first-order valence-corrected chi connectivity index (χ1v) is 5.88. The van der Waals surface area contributed by atoms with E-state index in [4.69, 9.17) is 0 Å². The van der Waals surface area contributed by atoms with E-state index >= 15 is 0 Å². The number of allylic oxidation sites excluding steroid dienone is 5. The first-order valence-electron chi connectivity index (χ1n) is 5.88. The first kappa shape index (κ1) is 12.8. The highest BCUT2D eigenvalue weighted by Gasteiger charge is 2.05. The van der Waals surface area contributed by atoms with E-state index in [0.29, 0.717) is 6.04 Å². The Hall–Kier alpha value is -1.31. The Balaban J connectivity index is 2.90. The zero-order valence-corrected chi connectivity index (χ0v) is 10.8. The second-order valence-corrected chi connectivity index (χ2v) is 4.37. The lowest BCUT2D eigenvalue weighted by molar-refractivity contribution is 0.375. The molecule has 0 heterocycles. The maximum absolute atomic E-state index is 4.13. The molecule has 2 nitrogen and oxygen atoms in total. The lowest BCUT2D eigenvalue weighted by Crippen LogP contribution is -2.21. The van der Waals surface area contributed by atoms with Gasteiger partial charge < -0.3 is 4.90 Å². The molecule has 0 fully saturated rings. The van der Waals surface area contributed by atoms with Gasteiger partial charge in [0.2, 0.25) is 0 Å². The minimum absolute atomic E-state index is 0.508. The predicted molar refractivity (Wildman–Crippen MR) is 71.9 cm³/mol. The quantitative estimate of drug-likeness (QED) is 0.662. The normalized spacial score (nSPS) is 17.1. The predicted octanol–water partition coefficient (Wildman–Crippen LogP) is 3.19. The molecule has 0 aromatic carbocycles. The minimum atomic E-state index is 0.508. The molecule has 1 aliphatic carbocycles. The van der Waals surface area contributed by atoms with Crippen LogP contribution >= 0.6 is 0 Å². The summed E-state index contributed by atoms with van der Waals surface area (Å²) in [6.45, 7) is 4.37. The van der Waals surface area contributed by atoms with Crippen molar-refractivity contribution < 1.29 is 0 Å². The highest BCUT2D eigenvalue weighted by molar-refractivity contribution is 5.85. The molecule has 0 unspecified atom stereocenters. The molecule has 0 spiro atoms. The summed E-state index contributed by atoms with van der Waals surface area (Å²) >= 11 is 0. The van der Waals surface area contributed by atoms with Crippen LogP contribution in [0.2, 0.25) is 0 Å². The van der Waals surface area contributed by atoms with E-state index in [-0.39, 0.29) is 0 Å². The van der Waals surface area contributed by atoms with E-state index in [1.807, 2.05) is 13.3 Å². The van der Waals surface area contributed by atoms with Crippen molar-refractivity contribution in [3.05, 3.63) is 35.6 Å². The fraction of sp³-hybridized carbons (Fsp3) is 0.500. The largest absolute Gasteiger partial charge is 0.377 e. The van der Waals surface area contributed by atoms with Crippen molar-refractivity contribution in [1.29, 1.82) is 0 Å². The van der Waals surface area contributed by atoms with Crippen LogP contribution in [0.25, 0.3) is 0 Å². The maximum Gasteiger partial charge on any atom is 0.0301 e. The van der Waals surface area contributed by atoms with E-state index in [1.165, 1.54) is 11.1 Å². The van der Waals surface area contributed by atoms with Crippen LogP contribution in [0.1, 0.15) is 26.7 Å². The third kappa shape index (κ3) is 3.69. The van der Waals surface area contributed by atoms with Crippen molar-refractivity contribution in [2.45, 2.75) is 32.7 Å². The summed E-state index contributed by atoms with van der Waals surface area (Å²) in [6, 6.07) is 0.508. The van der Waals surface area contributed by atoms with Crippen LogP contribution in [0, 0.1) is 0 Å². The average molecular weight is 218 g/mol. The molecule has 0 N–H and O–H groups in total. The lowest BCUT2D eigenvalue weighted by Gasteiger charge is -2.20. The summed E-state index contributed by atoms with van der Waals surface area (Å²) in [4.78, 5) is 6.34. The van der Waals surface area contributed by atoms with Crippen molar-refractivity contribution >= 4 is 6.21 Å². The maximum atomic E-state index is 4.13. The number of hydrogen-bond acceptors (Lipinski definition) is 2. The van der Waals surface area contributed by atoms with Crippen LogP contribution in [0.15, 0.2) is 40.6 Å². The highest BCUT2D eigenvalue weighted by atomic mass is 15.1. The Morgan fingerprint density at radius 3 is 2.69 bits per heavy atom. The van der Waals surface area contributed by atoms with Gasteiger partial charge in [0.1, 0.15) is 0 Å². The number of rotatable bonds is 4. The van der Waals surface area contributed by atoms with Gasteiger partial charge in [0.15, 0.2) is 0 Å². The molecule has 0 aliphatic heterocycles. The number of nitrogens with zero attached hydrogens (tertiary/aromatic N) is 2. The number of hydrogen-bond donors (Lipinski definition) is 0. The van der Waals surface area contributed by atoms with Gasteiger partial charge in [-0.25, -0.2) is 0 Å². The minimum Gasteiger partial charge on any atom is -0.377 e. The molecule has 1 rings (SSSR count). The monoisotopic (exact) mass is 218 g/mol. The molecule has 1 aliphatic rings. The molecule has 0 saturated carbocycles. The third-order valence-corrected chi connectivity index (χ3v) is 2.75. The summed E-state index contributed by atoms with van der Waals surface area (Å²) in [6.07, 6.45) is 13.1. The smallest absolute Gasteiger partial charge is 0.0301 e. The zero-order valence-electron chi connectivity index (χ0n) is 10.8. The van der Waals surface area contributed by atoms with Gasteiger partial charge in [-0.2, -0.15) is 0 Å². The Labute approximate surface area is 99.1 Å². The second-order valence-electron chi connectivity index (χ2n) is 4.37. The summed E-state index contributed by atoms with van der Waals surface area (Å²) < 4.78 is 0. The van der Waals surface area contributed by atoms with Gasteiger partial charge in [-0.05, 0) is 32.3 Å². The van der Waals surface area contributed by atoms with E-state index in [0.717, 1.165) is 12.8 Å². The molecule has 0 bridgehead atoms. The molecule has 0 amide bonds. The van der Waals surface area contributed by atoms with Crippen molar-refractivity contribution in [2.24, 2.45) is 4.99 Å². The third-order valence-electron chi connectivity index (χ3n) is 2.75. The Morgan fingerprint density at radius 2 is 2.19 bits per heavy atom. The first-order chi connectivity index (χ1) is 7.65. The molecule has 16 heavy (non-hydrogen) atoms. The standard InChI is InChI=1S/C14H22N2/c1-12(2)16(4)11-14(10-15-3)13-8-6-5-7-9-13/h6,8-12H,5,7H2,1-4H3/b14-11+,15-10?. The lowest BCUT2D eigenvalue weighted by atomic mass is 10.0. The summed E-state index contributed by atoms with van der Waals surface area (Å²) in [5, 5.41) is 0. The van der Waals surface area contributed by atoms with E-state index in [1.54, 1.807) is 0 Å². The van der Waals surface area contributed by atoms with E-state index in [2.05, 4.69) is 55.2 Å². The fourth-order valence-electron chi connectivity index (χ4n) is 1.52. The molecular formula is C14H22N2. The molecule has 0 aromatic heterocycles. The fourth-order valence-corrected chi connectivity index (χ4v) is 1.52. The van der Waals surface area contributed by atoms with E-state index in [9.17, 15) is 0 Å². The van der Waals surface area contributed by atoms with Crippen molar-refractivity contribution in [1.82, 2.24) is 4.90 Å². The Bertz CT molecular complexity index is 333. The van der Waals surface area contributed by atoms with E-state index < -0.39 is 0 Å². The van der Waals surface area contributed by atoms with Crippen molar-refractivity contribution in [3.63, 3.8) is 0 Å². The average Bonchev–Trinajstić information content (AvgIpc) is 2.29.